The molecule has 5 heteroatoms. The number of methoxy groups -OCH3 is 1. The highest BCUT2D eigenvalue weighted by molar-refractivity contribution is 5.78. The van der Waals surface area contributed by atoms with E-state index in [-0.39, 0.29) is 0 Å². The second-order valence-electron chi connectivity index (χ2n) is 5.31. The molecule has 2 heterocycles. The van der Waals surface area contributed by atoms with E-state index < -0.39 is 0 Å². The summed E-state index contributed by atoms with van der Waals surface area (Å²) in [5.74, 6) is 1.71. The van der Waals surface area contributed by atoms with Gasteiger partial charge in [0.25, 0.3) is 0 Å². The van der Waals surface area contributed by atoms with Crippen molar-refractivity contribution in [3.63, 3.8) is 0 Å². The standard InChI is InChI=1S/C17H22N4O/c1-3-16-19-12-14(21-10-8-18-9-11-21)17(20-16)13-6-4-5-7-15(13)22-2/h4-7,12,18H,3,8-11H2,1-2H3. The molecule has 0 saturated carbocycles. The maximum Gasteiger partial charge on any atom is 0.128 e. The molecule has 5 nitrogen and oxygen atoms in total. The molecule has 1 aliphatic rings. The fourth-order valence-electron chi connectivity index (χ4n) is 2.76. The summed E-state index contributed by atoms with van der Waals surface area (Å²) < 4.78 is 5.52. The van der Waals surface area contributed by atoms with Gasteiger partial charge < -0.3 is 15.0 Å². The number of piperazine rings is 1. The van der Waals surface area contributed by atoms with Crippen LogP contribution in [0.15, 0.2) is 30.5 Å². The second-order valence-corrected chi connectivity index (χ2v) is 5.31. The third kappa shape index (κ3) is 2.90. The third-order valence-electron chi connectivity index (χ3n) is 3.96. The van der Waals surface area contributed by atoms with Crippen molar-refractivity contribution in [3.05, 3.63) is 36.3 Å². The number of nitrogens with one attached hydrogen (secondary N) is 1. The molecule has 2 aromatic rings. The van der Waals surface area contributed by atoms with E-state index in [0.29, 0.717) is 0 Å². The zero-order valence-corrected chi connectivity index (χ0v) is 13.2. The van der Waals surface area contributed by atoms with Gasteiger partial charge in [0.1, 0.15) is 17.3 Å². The average molecular weight is 298 g/mol. The highest BCUT2D eigenvalue weighted by Gasteiger charge is 2.19. The molecule has 1 aliphatic heterocycles. The topological polar surface area (TPSA) is 50.3 Å². The van der Waals surface area contributed by atoms with Crippen LogP contribution in [0, 0.1) is 0 Å². The number of aryl methyl sites for hydroxylation is 1. The molecule has 0 bridgehead atoms. The molecule has 0 atom stereocenters. The number of benzene rings is 1. The van der Waals surface area contributed by atoms with E-state index in [1.807, 2.05) is 24.4 Å². The van der Waals surface area contributed by atoms with E-state index in [4.69, 9.17) is 9.72 Å². The molecule has 116 valence electrons. The van der Waals surface area contributed by atoms with Gasteiger partial charge >= 0.3 is 0 Å². The Morgan fingerprint density at radius 3 is 2.73 bits per heavy atom. The van der Waals surface area contributed by atoms with Crippen molar-refractivity contribution in [2.75, 3.05) is 38.2 Å². The summed E-state index contributed by atoms with van der Waals surface area (Å²) in [6.45, 7) is 5.99. The Morgan fingerprint density at radius 1 is 1.23 bits per heavy atom. The van der Waals surface area contributed by atoms with Gasteiger partial charge in [0.05, 0.1) is 19.0 Å². The summed E-state index contributed by atoms with van der Waals surface area (Å²) in [5.41, 5.74) is 3.07. The minimum atomic E-state index is 0.823. The van der Waals surface area contributed by atoms with Crippen LogP contribution in [0.4, 0.5) is 5.69 Å². The van der Waals surface area contributed by atoms with Gasteiger partial charge in [-0.05, 0) is 12.1 Å². The van der Waals surface area contributed by atoms with E-state index in [2.05, 4.69) is 28.2 Å². The normalized spacial score (nSPS) is 14.9. The van der Waals surface area contributed by atoms with Crippen LogP contribution in [-0.4, -0.2) is 43.3 Å². The van der Waals surface area contributed by atoms with Crippen LogP contribution in [0.1, 0.15) is 12.7 Å². The Bertz CT molecular complexity index is 638. The number of nitrogens with zero attached hydrogens (tertiary/aromatic N) is 3. The SMILES string of the molecule is CCc1ncc(N2CCNCC2)c(-c2ccccc2OC)n1. The number of hydrogen-bond acceptors (Lipinski definition) is 5. The maximum atomic E-state index is 5.52. The van der Waals surface area contributed by atoms with Gasteiger partial charge in [-0.15, -0.1) is 0 Å². The summed E-state index contributed by atoms with van der Waals surface area (Å²) in [4.78, 5) is 11.6. The van der Waals surface area contributed by atoms with Crippen molar-refractivity contribution in [3.8, 4) is 17.0 Å². The second kappa shape index (κ2) is 6.75. The Kier molecular flexibility index (Phi) is 4.53. The Hall–Kier alpha value is -2.14. The van der Waals surface area contributed by atoms with Gasteiger partial charge in [-0.1, -0.05) is 19.1 Å². The summed E-state index contributed by atoms with van der Waals surface area (Å²) in [5, 5.41) is 3.38. The molecule has 1 fully saturated rings. The molecular weight excluding hydrogens is 276 g/mol. The number of aromatic nitrogens is 2. The van der Waals surface area contributed by atoms with Crippen LogP contribution in [-0.2, 0) is 6.42 Å². The molecular formula is C17H22N4O. The first kappa shape index (κ1) is 14.8. The molecule has 0 aliphatic carbocycles. The third-order valence-corrected chi connectivity index (χ3v) is 3.96. The van der Waals surface area contributed by atoms with Crippen molar-refractivity contribution in [1.29, 1.82) is 0 Å². The first-order chi connectivity index (χ1) is 10.8. The summed E-state index contributed by atoms with van der Waals surface area (Å²) in [6.07, 6.45) is 2.78. The van der Waals surface area contributed by atoms with Gasteiger partial charge in [0.2, 0.25) is 0 Å². The molecule has 3 rings (SSSR count). The molecule has 1 aromatic carbocycles. The number of anilines is 1. The lowest BCUT2D eigenvalue weighted by molar-refractivity contribution is 0.416. The van der Waals surface area contributed by atoms with E-state index in [1.165, 1.54) is 0 Å². The Morgan fingerprint density at radius 2 is 2.00 bits per heavy atom. The van der Waals surface area contributed by atoms with Crippen molar-refractivity contribution in [1.82, 2.24) is 15.3 Å². The fraction of sp³-hybridized carbons (Fsp3) is 0.412. The average Bonchev–Trinajstić information content (AvgIpc) is 2.62. The molecule has 1 aromatic heterocycles. The predicted molar refractivity (Wildman–Crippen MR) is 88.5 cm³/mol. The first-order valence-electron chi connectivity index (χ1n) is 7.78. The minimum Gasteiger partial charge on any atom is -0.496 e. The Labute approximate surface area is 131 Å². The van der Waals surface area contributed by atoms with E-state index in [9.17, 15) is 0 Å². The summed E-state index contributed by atoms with van der Waals surface area (Å²) >= 11 is 0. The zero-order chi connectivity index (χ0) is 15.4. The molecule has 1 N–H and O–H groups in total. The lowest BCUT2D eigenvalue weighted by atomic mass is 10.1. The van der Waals surface area contributed by atoms with E-state index in [0.717, 1.165) is 61.1 Å². The van der Waals surface area contributed by atoms with Crippen LogP contribution in [0.5, 0.6) is 5.75 Å². The van der Waals surface area contributed by atoms with Crippen LogP contribution < -0.4 is 15.0 Å². The predicted octanol–water partition coefficient (Wildman–Crippen LogP) is 2.12. The van der Waals surface area contributed by atoms with Crippen molar-refractivity contribution in [2.24, 2.45) is 0 Å². The Balaban J connectivity index is 2.10. The smallest absolute Gasteiger partial charge is 0.128 e. The van der Waals surface area contributed by atoms with Crippen molar-refractivity contribution in [2.45, 2.75) is 13.3 Å². The van der Waals surface area contributed by atoms with Crippen LogP contribution in [0.25, 0.3) is 11.3 Å². The van der Waals surface area contributed by atoms with Crippen LogP contribution in [0.3, 0.4) is 0 Å². The quantitative estimate of drug-likeness (QED) is 0.937. The number of ether oxygens (including phenoxy) is 1. The largest absolute Gasteiger partial charge is 0.496 e. The van der Waals surface area contributed by atoms with Gasteiger partial charge in [-0.25, -0.2) is 9.97 Å². The van der Waals surface area contributed by atoms with Gasteiger partial charge in [-0.2, -0.15) is 0 Å². The van der Waals surface area contributed by atoms with Crippen molar-refractivity contribution >= 4 is 5.69 Å². The summed E-state index contributed by atoms with van der Waals surface area (Å²) in [6, 6.07) is 8.04. The molecule has 0 amide bonds. The van der Waals surface area contributed by atoms with Crippen LogP contribution >= 0.6 is 0 Å². The number of para-hydroxylation sites is 1. The lowest BCUT2D eigenvalue weighted by Gasteiger charge is -2.30. The van der Waals surface area contributed by atoms with Crippen molar-refractivity contribution < 1.29 is 4.74 Å². The molecule has 1 saturated heterocycles. The highest BCUT2D eigenvalue weighted by Crippen LogP contribution is 2.35. The van der Waals surface area contributed by atoms with Gasteiger partial charge in [0.15, 0.2) is 0 Å². The monoisotopic (exact) mass is 298 g/mol. The highest BCUT2D eigenvalue weighted by atomic mass is 16.5. The zero-order valence-electron chi connectivity index (χ0n) is 13.2. The van der Waals surface area contributed by atoms with Crippen LogP contribution in [0.2, 0.25) is 0 Å². The first-order valence-corrected chi connectivity index (χ1v) is 7.78. The summed E-state index contributed by atoms with van der Waals surface area (Å²) in [7, 11) is 1.70. The molecule has 0 radical (unpaired) electrons. The van der Waals surface area contributed by atoms with Gasteiger partial charge in [0, 0.05) is 38.2 Å². The fourth-order valence-corrected chi connectivity index (χ4v) is 2.76. The van der Waals surface area contributed by atoms with E-state index >= 15 is 0 Å². The van der Waals surface area contributed by atoms with Gasteiger partial charge in [-0.3, -0.25) is 0 Å². The lowest BCUT2D eigenvalue weighted by Crippen LogP contribution is -2.43. The molecule has 0 unspecified atom stereocenters. The van der Waals surface area contributed by atoms with E-state index in [1.54, 1.807) is 7.11 Å². The minimum absolute atomic E-state index is 0.823. The number of rotatable bonds is 4. The number of hydrogen-bond donors (Lipinski definition) is 1. The molecule has 0 spiro atoms. The molecule has 22 heavy (non-hydrogen) atoms. The maximum absolute atomic E-state index is 5.52.